The van der Waals surface area contributed by atoms with Gasteiger partial charge >= 0.3 is 12.3 Å². The zero-order valence-electron chi connectivity index (χ0n) is 20.7. The molecule has 0 radical (unpaired) electrons. The summed E-state index contributed by atoms with van der Waals surface area (Å²) in [4.78, 5) is 24.6. The third-order valence-corrected chi connectivity index (χ3v) is 8.49. The van der Waals surface area contributed by atoms with Gasteiger partial charge < -0.3 is 19.0 Å². The van der Waals surface area contributed by atoms with Gasteiger partial charge in [-0.05, 0) is 36.4 Å². The van der Waals surface area contributed by atoms with E-state index in [1.165, 1.54) is 42.5 Å². The third-order valence-electron chi connectivity index (χ3n) is 6.30. The topological polar surface area (TPSA) is 123 Å². The number of alkyl halides is 3. The molecule has 5 rings (SSSR count). The Kier molecular flexibility index (Phi) is 7.45. The lowest BCUT2D eigenvalue weighted by atomic mass is 10.1. The first-order valence-corrected chi connectivity index (χ1v) is 13.7. The van der Waals surface area contributed by atoms with E-state index < -0.39 is 52.2 Å². The van der Waals surface area contributed by atoms with E-state index in [4.69, 9.17) is 20.8 Å². The number of rotatable bonds is 7. The number of carbonyl (C=O) groups is 1. The van der Waals surface area contributed by atoms with E-state index in [1.807, 2.05) is 0 Å². The Hall–Kier alpha value is -4.07. The molecule has 3 aromatic carbocycles. The number of para-hydroxylation sites is 1. The average Bonchev–Trinajstić information content (AvgIpc) is 3.34. The summed E-state index contributed by atoms with van der Waals surface area (Å²) < 4.78 is 81.9. The first-order valence-electron chi connectivity index (χ1n) is 11.9. The number of fused-ring (bicyclic) bond motifs is 1. The lowest BCUT2D eigenvalue weighted by molar-refractivity contribution is -0.274. The van der Waals surface area contributed by atoms with Crippen molar-refractivity contribution in [1.82, 2.24) is 4.31 Å². The molecule has 14 heteroatoms. The van der Waals surface area contributed by atoms with E-state index in [-0.39, 0.29) is 44.4 Å². The first kappa shape index (κ1) is 28.5. The van der Waals surface area contributed by atoms with Crippen molar-refractivity contribution in [2.24, 2.45) is 0 Å². The fourth-order valence-corrected chi connectivity index (χ4v) is 6.39. The molecule has 41 heavy (non-hydrogen) atoms. The van der Waals surface area contributed by atoms with Crippen LogP contribution in [0.5, 0.6) is 11.5 Å². The molecule has 214 valence electrons. The van der Waals surface area contributed by atoms with Crippen LogP contribution in [0.1, 0.15) is 6.42 Å². The van der Waals surface area contributed by atoms with E-state index in [9.17, 15) is 36.3 Å². The van der Waals surface area contributed by atoms with Crippen LogP contribution in [-0.2, 0) is 14.8 Å². The Morgan fingerprint density at radius 3 is 2.46 bits per heavy atom. The summed E-state index contributed by atoms with van der Waals surface area (Å²) in [5.41, 5.74) is -0.433. The van der Waals surface area contributed by atoms with Crippen LogP contribution >= 0.6 is 11.6 Å². The van der Waals surface area contributed by atoms with Gasteiger partial charge in [0.05, 0.1) is 27.4 Å². The number of carboxylic acids is 1. The molecule has 0 amide bonds. The minimum absolute atomic E-state index is 0.0229. The second-order valence-corrected chi connectivity index (χ2v) is 11.3. The van der Waals surface area contributed by atoms with Crippen LogP contribution in [0.25, 0.3) is 22.3 Å². The summed E-state index contributed by atoms with van der Waals surface area (Å²) in [5, 5.41) is 10.1. The number of hydrogen-bond acceptors (Lipinski definition) is 7. The van der Waals surface area contributed by atoms with Crippen molar-refractivity contribution in [1.29, 1.82) is 0 Å². The Balaban J connectivity index is 1.56. The van der Waals surface area contributed by atoms with Gasteiger partial charge in [-0.2, -0.15) is 4.31 Å². The van der Waals surface area contributed by atoms with Gasteiger partial charge in [-0.3, -0.25) is 9.59 Å². The number of sulfonamides is 1. The van der Waals surface area contributed by atoms with Gasteiger partial charge in [0.25, 0.3) is 0 Å². The summed E-state index contributed by atoms with van der Waals surface area (Å²) >= 11 is 6.19. The fraction of sp³-hybridized carbons (Fsp3) is 0.185. The molecular weight excluding hydrogens is 591 g/mol. The highest BCUT2D eigenvalue weighted by Crippen LogP contribution is 2.39. The normalized spacial score (nSPS) is 18.0. The molecule has 9 nitrogen and oxygen atoms in total. The van der Waals surface area contributed by atoms with Crippen molar-refractivity contribution < 1.29 is 45.4 Å². The molecule has 1 aliphatic heterocycles. The zero-order chi connectivity index (χ0) is 29.5. The molecule has 2 heterocycles. The molecule has 1 aliphatic rings. The maximum atomic E-state index is 13.2. The van der Waals surface area contributed by atoms with Crippen LogP contribution in [0.15, 0.2) is 86.9 Å². The highest BCUT2D eigenvalue weighted by atomic mass is 35.5. The molecule has 1 N–H and O–H groups in total. The van der Waals surface area contributed by atoms with Crippen molar-refractivity contribution in [3.63, 3.8) is 0 Å². The van der Waals surface area contributed by atoms with Gasteiger partial charge in [0.1, 0.15) is 29.4 Å². The third kappa shape index (κ3) is 5.87. The lowest BCUT2D eigenvalue weighted by Gasteiger charge is -2.21. The van der Waals surface area contributed by atoms with E-state index in [0.29, 0.717) is 0 Å². The standard InChI is InChI=1S/C27H19ClF3NO8S/c28-20-8-4-7-18-22(33)13-24(39-25(18)20)19-10-9-15(40-27(29,30)31)12-23(19)38-16-11-21(26(34)35)32(14-16)41(36,37)17-5-2-1-3-6-17/h1-10,12-13,16,21H,11,14H2,(H,34,35)/t16-,21-/m0/s1. The van der Waals surface area contributed by atoms with Crippen molar-refractivity contribution in [2.45, 2.75) is 29.8 Å². The number of halogens is 4. The van der Waals surface area contributed by atoms with Crippen LogP contribution in [-0.4, -0.2) is 48.9 Å². The number of hydrogen-bond donors (Lipinski definition) is 1. The van der Waals surface area contributed by atoms with Gasteiger partial charge in [-0.25, -0.2) is 8.42 Å². The van der Waals surface area contributed by atoms with E-state index >= 15 is 0 Å². The zero-order valence-corrected chi connectivity index (χ0v) is 22.2. The van der Waals surface area contributed by atoms with Gasteiger partial charge in [0, 0.05) is 18.6 Å². The monoisotopic (exact) mass is 609 g/mol. The fourth-order valence-electron chi connectivity index (χ4n) is 4.53. The molecule has 1 aromatic heterocycles. The minimum atomic E-state index is -5.04. The maximum Gasteiger partial charge on any atom is 0.573 e. The SMILES string of the molecule is O=C(O)[C@@H]1C[C@H](Oc2cc(OC(F)(F)F)ccc2-c2cc(=O)c3cccc(Cl)c3o2)CN1S(=O)(=O)c1ccccc1. The van der Waals surface area contributed by atoms with Gasteiger partial charge in [0.2, 0.25) is 10.0 Å². The Bertz CT molecular complexity index is 1790. The number of ether oxygens (including phenoxy) is 2. The predicted octanol–water partition coefficient (Wildman–Crippen LogP) is 5.31. The second-order valence-electron chi connectivity index (χ2n) is 9.01. The Labute approximate surface area is 235 Å². The van der Waals surface area contributed by atoms with Crippen LogP contribution in [0.4, 0.5) is 13.2 Å². The average molecular weight is 610 g/mol. The van der Waals surface area contributed by atoms with Crippen molar-refractivity contribution in [3.05, 3.63) is 88.0 Å². The number of nitrogens with zero attached hydrogens (tertiary/aromatic N) is 1. The first-order chi connectivity index (χ1) is 19.3. The summed E-state index contributed by atoms with van der Waals surface area (Å²) in [7, 11) is -4.26. The van der Waals surface area contributed by atoms with Crippen LogP contribution in [0.3, 0.4) is 0 Å². The molecule has 1 fully saturated rings. The quantitative estimate of drug-likeness (QED) is 0.299. The summed E-state index contributed by atoms with van der Waals surface area (Å²) in [6.45, 7) is -0.425. The van der Waals surface area contributed by atoms with Gasteiger partial charge in [0.15, 0.2) is 11.0 Å². The predicted molar refractivity (Wildman–Crippen MR) is 140 cm³/mol. The summed E-state index contributed by atoms with van der Waals surface area (Å²) in [6, 6.07) is 14.3. The number of carboxylic acid groups (broad SMARTS) is 1. The van der Waals surface area contributed by atoms with Crippen LogP contribution < -0.4 is 14.9 Å². The molecular formula is C27H19ClF3NO8S. The van der Waals surface area contributed by atoms with Crippen LogP contribution in [0, 0.1) is 0 Å². The molecule has 0 bridgehead atoms. The van der Waals surface area contributed by atoms with Crippen LogP contribution in [0.2, 0.25) is 5.02 Å². The molecule has 4 aromatic rings. The number of benzene rings is 3. The Morgan fingerprint density at radius 2 is 1.78 bits per heavy atom. The largest absolute Gasteiger partial charge is 0.573 e. The smallest absolute Gasteiger partial charge is 0.488 e. The lowest BCUT2D eigenvalue weighted by Crippen LogP contribution is -2.40. The van der Waals surface area contributed by atoms with E-state index in [0.717, 1.165) is 22.5 Å². The van der Waals surface area contributed by atoms with Crippen molar-refractivity contribution >= 4 is 38.6 Å². The maximum absolute atomic E-state index is 13.2. The van der Waals surface area contributed by atoms with E-state index in [2.05, 4.69) is 4.74 Å². The highest BCUT2D eigenvalue weighted by Gasteiger charge is 2.45. The molecule has 0 aliphatic carbocycles. The Morgan fingerprint density at radius 1 is 1.05 bits per heavy atom. The van der Waals surface area contributed by atoms with E-state index in [1.54, 1.807) is 12.1 Å². The number of aliphatic carboxylic acids is 1. The molecule has 0 spiro atoms. The van der Waals surface area contributed by atoms with Crippen molar-refractivity contribution in [2.75, 3.05) is 6.54 Å². The molecule has 0 saturated carbocycles. The van der Waals surface area contributed by atoms with Gasteiger partial charge in [-0.15, -0.1) is 13.2 Å². The van der Waals surface area contributed by atoms with Gasteiger partial charge in [-0.1, -0.05) is 35.9 Å². The highest BCUT2D eigenvalue weighted by molar-refractivity contribution is 7.89. The summed E-state index contributed by atoms with van der Waals surface area (Å²) in [5.74, 6) is -2.47. The molecule has 2 atom stereocenters. The second kappa shape index (κ2) is 10.7. The molecule has 1 saturated heterocycles. The van der Waals surface area contributed by atoms with Crippen molar-refractivity contribution in [3.8, 4) is 22.8 Å². The molecule has 0 unspecified atom stereocenters. The summed E-state index contributed by atoms with van der Waals surface area (Å²) in [6.07, 6.45) is -6.46. The minimum Gasteiger partial charge on any atom is -0.488 e.